The van der Waals surface area contributed by atoms with Gasteiger partial charge in [0.1, 0.15) is 6.61 Å². The van der Waals surface area contributed by atoms with Crippen LogP contribution in [0.25, 0.3) is 11.4 Å². The van der Waals surface area contributed by atoms with E-state index < -0.39 is 0 Å². The molecule has 2 aromatic rings. The molecule has 0 spiro atoms. The number of para-hydroxylation sites is 1. The van der Waals surface area contributed by atoms with Crippen molar-refractivity contribution in [2.45, 2.75) is 59.9 Å². The van der Waals surface area contributed by atoms with Gasteiger partial charge in [-0.05, 0) is 38.1 Å². The topological polar surface area (TPSA) is 135 Å². The first-order chi connectivity index (χ1) is 21.7. The normalized spacial score (nSPS) is 12.9. The number of hydrogen-bond donors (Lipinski definition) is 4. The fourth-order valence-electron chi connectivity index (χ4n) is 4.36. The maximum Gasteiger partial charge on any atom is 0.293 e. The van der Waals surface area contributed by atoms with Crippen molar-refractivity contribution in [1.82, 2.24) is 16.0 Å². The van der Waals surface area contributed by atoms with Crippen molar-refractivity contribution in [1.29, 1.82) is 0 Å². The number of ether oxygens (including phenoxy) is 2. The minimum atomic E-state index is -0.250. The zero-order valence-electron chi connectivity index (χ0n) is 28.1. The molecule has 0 bridgehead atoms. The van der Waals surface area contributed by atoms with Crippen molar-refractivity contribution in [2.24, 2.45) is 5.73 Å². The molecule has 10 nitrogen and oxygen atoms in total. The summed E-state index contributed by atoms with van der Waals surface area (Å²) in [7, 11) is 2.00. The van der Waals surface area contributed by atoms with Crippen LogP contribution in [0.3, 0.4) is 0 Å². The first kappa shape index (κ1) is 42.5. The van der Waals surface area contributed by atoms with E-state index >= 15 is 0 Å². The second-order valence-electron chi connectivity index (χ2n) is 10.5. The SMILES string of the molecule is CCCCCNC.C[C-](C)C(=O)N1Cc2ccccc2/C(N)=C(/NCCOC=O)c2ccccc21.[CH2-]C(=O)NCCOCCC.[Re]. The quantitative estimate of drug-likeness (QED) is 0.118. The number of hydrogen-bond acceptors (Lipinski definition) is 8. The standard InChI is InChI=1S/C22H24N3O3.C7H14NO2.C6H15N.Re/c1-15(2)22(27)25-13-16-7-3-4-8-17(16)20(23)21(24-11-12-28-14-26)18-9-5-6-10-19(18)25;1-3-5-10-6-4-8-7(2)9;1-3-4-5-6-7-2;/h3-10,14,24H,11-13,23H2,1-2H3;2-6H2,1H3,(H,8,9);7H,3-6H2,1-2H3;/q2*-1;;/b21-20-;;;. The van der Waals surface area contributed by atoms with Crippen LogP contribution in [0.1, 0.15) is 70.1 Å². The number of unbranched alkanes of at least 4 members (excludes halogenated alkanes) is 2. The van der Waals surface area contributed by atoms with Crippen LogP contribution in [-0.2, 0) is 50.8 Å². The van der Waals surface area contributed by atoms with E-state index in [0.29, 0.717) is 50.0 Å². The van der Waals surface area contributed by atoms with Crippen molar-refractivity contribution in [2.75, 3.05) is 51.4 Å². The summed E-state index contributed by atoms with van der Waals surface area (Å²) in [5.74, 6) is 0.421. The van der Waals surface area contributed by atoms with Gasteiger partial charge >= 0.3 is 0 Å². The maximum atomic E-state index is 13.0. The zero-order chi connectivity index (χ0) is 33.5. The average molecular weight is 810 g/mol. The number of nitrogens with zero attached hydrogens (tertiary/aromatic N) is 1. The molecule has 0 aromatic heterocycles. The summed E-state index contributed by atoms with van der Waals surface area (Å²) in [4.78, 5) is 35.4. The number of rotatable bonds is 15. The molecule has 0 atom stereocenters. The van der Waals surface area contributed by atoms with Gasteiger partial charge in [-0.1, -0.05) is 69.2 Å². The van der Waals surface area contributed by atoms with Crippen LogP contribution in [0, 0.1) is 12.8 Å². The van der Waals surface area contributed by atoms with Crippen LogP contribution in [0.15, 0.2) is 48.5 Å². The molecular weight excluding hydrogens is 757 g/mol. The van der Waals surface area contributed by atoms with E-state index in [-0.39, 0.29) is 38.8 Å². The summed E-state index contributed by atoms with van der Waals surface area (Å²) in [5, 5.41) is 8.92. The predicted molar refractivity (Wildman–Crippen MR) is 183 cm³/mol. The van der Waals surface area contributed by atoms with Gasteiger partial charge in [0, 0.05) is 57.8 Å². The first-order valence-electron chi connectivity index (χ1n) is 15.6. The Morgan fingerprint density at radius 3 is 2.24 bits per heavy atom. The van der Waals surface area contributed by atoms with E-state index in [0.717, 1.165) is 35.4 Å². The Balaban J connectivity index is 0.000000932. The van der Waals surface area contributed by atoms with Gasteiger partial charge in [0.05, 0.1) is 35.5 Å². The van der Waals surface area contributed by atoms with E-state index in [1.807, 2.05) is 76.3 Å². The molecule has 0 fully saturated rings. The number of fused-ring (bicyclic) bond motifs is 2. The number of carbonyl (C=O) groups excluding carboxylic acids is 3. The maximum absolute atomic E-state index is 13.0. The van der Waals surface area contributed by atoms with Gasteiger partial charge in [-0.3, -0.25) is 10.7 Å². The summed E-state index contributed by atoms with van der Waals surface area (Å²) in [6, 6.07) is 15.5. The molecule has 11 heteroatoms. The van der Waals surface area contributed by atoms with Crippen LogP contribution in [0.4, 0.5) is 5.69 Å². The molecule has 2 aromatic carbocycles. The summed E-state index contributed by atoms with van der Waals surface area (Å²) < 4.78 is 9.88. The first-order valence-corrected chi connectivity index (χ1v) is 15.6. The number of nitrogens with one attached hydrogen (secondary N) is 3. The van der Waals surface area contributed by atoms with E-state index in [1.54, 1.807) is 4.90 Å². The van der Waals surface area contributed by atoms with E-state index in [9.17, 15) is 14.4 Å². The molecule has 257 valence electrons. The van der Waals surface area contributed by atoms with Gasteiger partial charge in [-0.25, -0.2) is 0 Å². The van der Waals surface area contributed by atoms with Crippen LogP contribution in [0.2, 0.25) is 0 Å². The minimum Gasteiger partial charge on any atom is -0.466 e. The average Bonchev–Trinajstić information content (AvgIpc) is 3.03. The molecule has 1 aliphatic rings. The Kier molecular flexibility index (Phi) is 23.7. The number of nitrogens with two attached hydrogens (primary N) is 1. The molecule has 0 saturated heterocycles. The number of anilines is 1. The molecule has 2 amide bonds. The second kappa shape index (κ2) is 25.7. The molecule has 1 aliphatic heterocycles. The third kappa shape index (κ3) is 15.7. The summed E-state index contributed by atoms with van der Waals surface area (Å²) in [6.07, 6.45) is 5.02. The van der Waals surface area contributed by atoms with Gasteiger partial charge in [-0.15, -0.1) is 0 Å². The van der Waals surface area contributed by atoms with Gasteiger partial charge < -0.3 is 52.6 Å². The van der Waals surface area contributed by atoms with Crippen molar-refractivity contribution in [3.05, 3.63) is 78.1 Å². The minimum absolute atomic E-state index is 0. The molecular formula is C35H53N5O5Re-2. The summed E-state index contributed by atoms with van der Waals surface area (Å²) in [5.41, 5.74) is 11.3. The Hall–Kier alpha value is -3.49. The Labute approximate surface area is 289 Å². The third-order valence-electron chi connectivity index (χ3n) is 6.58. The smallest absolute Gasteiger partial charge is 0.293 e. The number of carbonyl (C=O) groups is 3. The Bertz CT molecular complexity index is 1190. The zero-order valence-corrected chi connectivity index (χ0v) is 30.8. The predicted octanol–water partition coefficient (Wildman–Crippen LogP) is 4.45. The molecule has 1 radical (unpaired) electrons. The van der Waals surface area contributed by atoms with Crippen molar-refractivity contribution < 1.29 is 44.3 Å². The van der Waals surface area contributed by atoms with E-state index in [2.05, 4.69) is 29.8 Å². The number of benzene rings is 2. The molecule has 0 unspecified atom stereocenters. The molecule has 5 N–H and O–H groups in total. The van der Waals surface area contributed by atoms with Crippen LogP contribution in [0.5, 0.6) is 0 Å². The fourth-order valence-corrected chi connectivity index (χ4v) is 4.36. The Morgan fingerprint density at radius 2 is 1.63 bits per heavy atom. The third-order valence-corrected chi connectivity index (χ3v) is 6.58. The molecule has 0 saturated carbocycles. The van der Waals surface area contributed by atoms with Gasteiger partial charge in [0.15, 0.2) is 0 Å². The molecule has 3 rings (SSSR count). The van der Waals surface area contributed by atoms with E-state index in [1.165, 1.54) is 25.8 Å². The summed E-state index contributed by atoms with van der Waals surface area (Å²) >= 11 is 0. The summed E-state index contributed by atoms with van der Waals surface area (Å²) in [6.45, 7) is 15.6. The number of amides is 2. The van der Waals surface area contributed by atoms with Crippen LogP contribution >= 0.6 is 0 Å². The van der Waals surface area contributed by atoms with Crippen LogP contribution < -0.4 is 26.6 Å². The monoisotopic (exact) mass is 810 g/mol. The van der Waals surface area contributed by atoms with Gasteiger partial charge in [0.2, 0.25) is 0 Å². The second-order valence-corrected chi connectivity index (χ2v) is 10.5. The van der Waals surface area contributed by atoms with Gasteiger partial charge in [0.25, 0.3) is 6.47 Å². The molecule has 46 heavy (non-hydrogen) atoms. The molecule has 1 heterocycles. The van der Waals surface area contributed by atoms with Crippen molar-refractivity contribution in [3.8, 4) is 0 Å². The van der Waals surface area contributed by atoms with Gasteiger partial charge in [-0.2, -0.15) is 13.8 Å². The largest absolute Gasteiger partial charge is 0.466 e. The van der Waals surface area contributed by atoms with Crippen LogP contribution in [-0.4, -0.2) is 64.8 Å². The molecule has 0 aliphatic carbocycles. The van der Waals surface area contributed by atoms with Crippen molar-refractivity contribution >= 4 is 35.4 Å². The van der Waals surface area contributed by atoms with E-state index in [4.69, 9.17) is 15.2 Å². The Morgan fingerprint density at radius 1 is 0.957 bits per heavy atom. The van der Waals surface area contributed by atoms with Crippen molar-refractivity contribution in [3.63, 3.8) is 0 Å². The fraction of sp³-hybridized carbons (Fsp3) is 0.457.